The number of imide groups is 1. The van der Waals surface area contributed by atoms with E-state index in [1.165, 1.54) is 0 Å². The summed E-state index contributed by atoms with van der Waals surface area (Å²) in [5, 5.41) is 10.5. The van der Waals surface area contributed by atoms with Crippen LogP contribution in [0.25, 0.3) is 22.3 Å². The number of carbonyl (C=O) groups is 2. The third-order valence-electron chi connectivity index (χ3n) is 3.82. The Labute approximate surface area is 125 Å². The topological polar surface area (TPSA) is 70.8 Å². The number of carbonyl (C=O) groups excluding carboxylic acids is 2. The van der Waals surface area contributed by atoms with Crippen LogP contribution in [-0.2, 0) is 11.2 Å². The zero-order chi connectivity index (χ0) is 15.3. The maximum atomic E-state index is 11.8. The van der Waals surface area contributed by atoms with Crippen molar-refractivity contribution in [3.63, 3.8) is 0 Å². The van der Waals surface area contributed by atoms with Crippen LogP contribution in [0.2, 0.25) is 0 Å². The number of furan rings is 1. The molecule has 108 valence electrons. The number of para-hydroxylation sites is 1. The van der Waals surface area contributed by atoms with Gasteiger partial charge in [-0.3, -0.25) is 14.8 Å². The lowest BCUT2D eigenvalue weighted by molar-refractivity contribution is -0.153. The average molecular weight is 293 g/mol. The lowest BCUT2D eigenvalue weighted by atomic mass is 9.96. The minimum Gasteiger partial charge on any atom is -0.456 e. The standard InChI is InChI=1S/C17H11NO4/c19-16-9-12-7-11(5-6-13(12)17(20)18(16)21)15-8-10-3-1-2-4-14(10)22-15/h1-8,21H,9H2. The molecule has 1 aromatic heterocycles. The molecule has 0 bridgehead atoms. The van der Waals surface area contributed by atoms with E-state index in [9.17, 15) is 14.8 Å². The molecular formula is C17H11NO4. The maximum absolute atomic E-state index is 11.8. The van der Waals surface area contributed by atoms with Gasteiger partial charge in [-0.1, -0.05) is 24.3 Å². The van der Waals surface area contributed by atoms with Crippen molar-refractivity contribution in [3.05, 3.63) is 59.7 Å². The molecule has 0 fully saturated rings. The van der Waals surface area contributed by atoms with E-state index in [-0.39, 0.29) is 11.5 Å². The summed E-state index contributed by atoms with van der Waals surface area (Å²) in [7, 11) is 0. The van der Waals surface area contributed by atoms with Crippen molar-refractivity contribution in [3.8, 4) is 11.3 Å². The summed E-state index contributed by atoms with van der Waals surface area (Å²) in [5.41, 5.74) is 2.51. The first-order valence-corrected chi connectivity index (χ1v) is 6.81. The van der Waals surface area contributed by atoms with Crippen molar-refractivity contribution in [2.45, 2.75) is 6.42 Å². The van der Waals surface area contributed by atoms with E-state index in [0.29, 0.717) is 16.9 Å². The first-order chi connectivity index (χ1) is 10.6. The fourth-order valence-electron chi connectivity index (χ4n) is 2.69. The second kappa shape index (κ2) is 4.54. The van der Waals surface area contributed by atoms with Gasteiger partial charge in [0, 0.05) is 16.5 Å². The van der Waals surface area contributed by atoms with E-state index in [0.717, 1.165) is 16.5 Å². The Morgan fingerprint density at radius 3 is 2.68 bits per heavy atom. The number of hydroxylamine groups is 2. The normalized spacial score (nSPS) is 14.5. The van der Waals surface area contributed by atoms with Gasteiger partial charge in [-0.15, -0.1) is 0 Å². The van der Waals surface area contributed by atoms with Crippen LogP contribution in [-0.4, -0.2) is 22.1 Å². The summed E-state index contributed by atoms with van der Waals surface area (Å²) in [5.74, 6) is -0.642. The molecule has 0 radical (unpaired) electrons. The highest BCUT2D eigenvalue weighted by Crippen LogP contribution is 2.30. The van der Waals surface area contributed by atoms with Crippen LogP contribution >= 0.6 is 0 Å². The van der Waals surface area contributed by atoms with E-state index in [1.54, 1.807) is 18.2 Å². The highest BCUT2D eigenvalue weighted by atomic mass is 16.5. The number of nitrogens with zero attached hydrogens (tertiary/aromatic N) is 1. The van der Waals surface area contributed by atoms with Crippen molar-refractivity contribution in [1.82, 2.24) is 5.06 Å². The molecule has 1 N–H and O–H groups in total. The maximum Gasteiger partial charge on any atom is 0.284 e. The van der Waals surface area contributed by atoms with E-state index >= 15 is 0 Å². The summed E-state index contributed by atoms with van der Waals surface area (Å²) in [6, 6.07) is 14.7. The molecule has 0 unspecified atom stereocenters. The SMILES string of the molecule is O=C1Cc2cc(-c3cc4ccccc4o3)ccc2C(=O)N1O. The Bertz CT molecular complexity index is 892. The van der Waals surface area contributed by atoms with Crippen molar-refractivity contribution < 1.29 is 19.2 Å². The average Bonchev–Trinajstić information content (AvgIpc) is 2.96. The fraction of sp³-hybridized carbons (Fsp3) is 0.0588. The lowest BCUT2D eigenvalue weighted by Gasteiger charge is -2.21. The fourth-order valence-corrected chi connectivity index (χ4v) is 2.69. The number of hydrogen-bond donors (Lipinski definition) is 1. The summed E-state index contributed by atoms with van der Waals surface area (Å²) in [4.78, 5) is 23.4. The van der Waals surface area contributed by atoms with Crippen molar-refractivity contribution in [1.29, 1.82) is 0 Å². The van der Waals surface area contributed by atoms with Crippen LogP contribution in [0.5, 0.6) is 0 Å². The zero-order valence-electron chi connectivity index (χ0n) is 11.4. The lowest BCUT2D eigenvalue weighted by Crippen LogP contribution is -2.39. The van der Waals surface area contributed by atoms with Gasteiger partial charge in [-0.05, 0) is 29.8 Å². The molecule has 5 heteroatoms. The van der Waals surface area contributed by atoms with Gasteiger partial charge < -0.3 is 4.42 Å². The van der Waals surface area contributed by atoms with Crippen LogP contribution in [0.1, 0.15) is 15.9 Å². The van der Waals surface area contributed by atoms with E-state index < -0.39 is 11.8 Å². The molecular weight excluding hydrogens is 282 g/mol. The highest BCUT2D eigenvalue weighted by Gasteiger charge is 2.30. The summed E-state index contributed by atoms with van der Waals surface area (Å²) >= 11 is 0. The quantitative estimate of drug-likeness (QED) is 0.553. The molecule has 0 saturated carbocycles. The summed E-state index contributed by atoms with van der Waals surface area (Å²) in [6.07, 6.45) is -0.00829. The van der Waals surface area contributed by atoms with Crippen LogP contribution in [0.3, 0.4) is 0 Å². The van der Waals surface area contributed by atoms with Crippen LogP contribution in [0, 0.1) is 0 Å². The number of benzene rings is 2. The van der Waals surface area contributed by atoms with Gasteiger partial charge in [-0.2, -0.15) is 5.06 Å². The minimum absolute atomic E-state index is 0.00829. The molecule has 1 aliphatic heterocycles. The number of rotatable bonds is 1. The first-order valence-electron chi connectivity index (χ1n) is 6.81. The molecule has 0 spiro atoms. The van der Waals surface area contributed by atoms with Crippen molar-refractivity contribution >= 4 is 22.8 Å². The second-order valence-corrected chi connectivity index (χ2v) is 5.21. The first kappa shape index (κ1) is 12.8. The van der Waals surface area contributed by atoms with Gasteiger partial charge in [-0.25, -0.2) is 0 Å². The number of amides is 2. The van der Waals surface area contributed by atoms with Gasteiger partial charge in [0.05, 0.1) is 6.42 Å². The number of fused-ring (bicyclic) bond motifs is 2. The molecule has 22 heavy (non-hydrogen) atoms. The van der Waals surface area contributed by atoms with Crippen molar-refractivity contribution in [2.75, 3.05) is 0 Å². The van der Waals surface area contributed by atoms with Gasteiger partial charge in [0.2, 0.25) is 0 Å². The van der Waals surface area contributed by atoms with Gasteiger partial charge in [0.15, 0.2) is 0 Å². The minimum atomic E-state index is -0.692. The monoisotopic (exact) mass is 293 g/mol. The summed E-state index contributed by atoms with van der Waals surface area (Å²) in [6.45, 7) is 0. The number of hydrogen-bond acceptors (Lipinski definition) is 4. The zero-order valence-corrected chi connectivity index (χ0v) is 11.4. The molecule has 0 saturated heterocycles. The predicted molar refractivity (Wildman–Crippen MR) is 78.3 cm³/mol. The Kier molecular flexibility index (Phi) is 2.64. The molecule has 0 atom stereocenters. The van der Waals surface area contributed by atoms with Crippen LogP contribution in [0.4, 0.5) is 0 Å². The van der Waals surface area contributed by atoms with Crippen LogP contribution < -0.4 is 0 Å². The Morgan fingerprint density at radius 2 is 1.86 bits per heavy atom. The Morgan fingerprint density at radius 1 is 1.05 bits per heavy atom. The molecule has 5 nitrogen and oxygen atoms in total. The highest BCUT2D eigenvalue weighted by molar-refractivity contribution is 6.08. The van der Waals surface area contributed by atoms with E-state index in [2.05, 4.69) is 0 Å². The predicted octanol–water partition coefficient (Wildman–Crippen LogP) is 3.01. The molecule has 2 heterocycles. The molecule has 1 aliphatic rings. The molecule has 2 aromatic carbocycles. The Balaban J connectivity index is 1.83. The molecule has 3 aromatic rings. The molecule has 0 aliphatic carbocycles. The van der Waals surface area contributed by atoms with Gasteiger partial charge in [0.1, 0.15) is 11.3 Å². The second-order valence-electron chi connectivity index (χ2n) is 5.21. The van der Waals surface area contributed by atoms with E-state index in [4.69, 9.17) is 4.42 Å². The van der Waals surface area contributed by atoms with Gasteiger partial charge >= 0.3 is 0 Å². The third-order valence-corrected chi connectivity index (χ3v) is 3.82. The third kappa shape index (κ3) is 1.83. The molecule has 4 rings (SSSR count). The summed E-state index contributed by atoms with van der Waals surface area (Å²) < 4.78 is 5.79. The molecule has 2 amide bonds. The Hall–Kier alpha value is -2.92. The van der Waals surface area contributed by atoms with Gasteiger partial charge in [0.25, 0.3) is 11.8 Å². The van der Waals surface area contributed by atoms with Crippen molar-refractivity contribution in [2.24, 2.45) is 0 Å². The van der Waals surface area contributed by atoms with Crippen LogP contribution in [0.15, 0.2) is 52.9 Å². The smallest absolute Gasteiger partial charge is 0.284 e. The largest absolute Gasteiger partial charge is 0.456 e. The van der Waals surface area contributed by atoms with E-state index in [1.807, 2.05) is 30.3 Å².